The van der Waals surface area contributed by atoms with Crippen molar-refractivity contribution < 1.29 is 14.3 Å². The number of nitrogens with one attached hydrogen (secondary N) is 1. The normalized spacial score (nSPS) is 11.9. The number of para-hydroxylation sites is 1. The topological polar surface area (TPSA) is 53.1 Å². The molecule has 2 aromatic rings. The molecule has 0 aliphatic heterocycles. The van der Waals surface area contributed by atoms with Crippen LogP contribution in [-0.2, 0) is 4.79 Å². The molecule has 15 heavy (non-hydrogen) atoms. The summed E-state index contributed by atoms with van der Waals surface area (Å²) in [5, 5.41) is 9.20. The van der Waals surface area contributed by atoms with E-state index in [2.05, 4.69) is 4.98 Å². The number of H-pyrrole nitrogens is 1. The number of rotatable bonds is 2. The van der Waals surface area contributed by atoms with E-state index >= 15 is 0 Å². The van der Waals surface area contributed by atoms with Gasteiger partial charge in [-0.3, -0.25) is 0 Å². The highest BCUT2D eigenvalue weighted by molar-refractivity contribution is 5.95. The molecule has 0 radical (unpaired) electrons. The van der Waals surface area contributed by atoms with Crippen LogP contribution in [0.2, 0.25) is 0 Å². The van der Waals surface area contributed by atoms with Crippen molar-refractivity contribution >= 4 is 22.9 Å². The lowest BCUT2D eigenvalue weighted by molar-refractivity contribution is -0.134. The van der Waals surface area contributed by atoms with Crippen molar-refractivity contribution in [3.05, 3.63) is 41.9 Å². The Hall–Kier alpha value is -2.10. The fourth-order valence-electron chi connectivity index (χ4n) is 1.41. The monoisotopic (exact) mass is 205 g/mol. The molecule has 0 aliphatic rings. The Kier molecular flexibility index (Phi) is 2.25. The molecule has 0 unspecified atom stereocenters. The summed E-state index contributed by atoms with van der Waals surface area (Å²) in [6, 6.07) is 7.30. The predicted molar refractivity (Wildman–Crippen MR) is 55.0 cm³/mol. The fourth-order valence-corrected chi connectivity index (χ4v) is 1.41. The molecule has 0 amide bonds. The van der Waals surface area contributed by atoms with Crippen molar-refractivity contribution in [2.24, 2.45) is 0 Å². The van der Waals surface area contributed by atoms with E-state index in [1.165, 1.54) is 0 Å². The molecule has 0 spiro atoms. The second-order valence-corrected chi connectivity index (χ2v) is 3.09. The first-order valence-corrected chi connectivity index (χ1v) is 4.35. The van der Waals surface area contributed by atoms with Gasteiger partial charge in [-0.2, -0.15) is 4.39 Å². The molecule has 0 saturated heterocycles. The number of aliphatic carboxylic acids is 1. The van der Waals surface area contributed by atoms with Crippen LogP contribution in [0.1, 0.15) is 5.56 Å². The van der Waals surface area contributed by atoms with Crippen LogP contribution in [0.5, 0.6) is 0 Å². The van der Waals surface area contributed by atoms with Crippen LogP contribution in [0.3, 0.4) is 0 Å². The lowest BCUT2D eigenvalue weighted by Gasteiger charge is -1.91. The summed E-state index contributed by atoms with van der Waals surface area (Å²) in [7, 11) is 0. The van der Waals surface area contributed by atoms with E-state index in [0.29, 0.717) is 5.56 Å². The number of hydrogen-bond acceptors (Lipinski definition) is 1. The largest absolute Gasteiger partial charge is 0.476 e. The molecule has 1 aromatic heterocycles. The minimum Gasteiger partial charge on any atom is -0.476 e. The molecular weight excluding hydrogens is 197 g/mol. The molecule has 2 N–H and O–H groups in total. The number of fused-ring (bicyclic) bond motifs is 1. The number of carboxylic acid groups (broad SMARTS) is 1. The highest BCUT2D eigenvalue weighted by Gasteiger charge is 2.07. The quantitative estimate of drug-likeness (QED) is 0.740. The van der Waals surface area contributed by atoms with Crippen LogP contribution in [0.15, 0.2) is 36.3 Å². The van der Waals surface area contributed by atoms with Crippen molar-refractivity contribution in [3.63, 3.8) is 0 Å². The van der Waals surface area contributed by atoms with Gasteiger partial charge in [-0.05, 0) is 12.1 Å². The van der Waals surface area contributed by atoms with E-state index in [4.69, 9.17) is 5.11 Å². The minimum absolute atomic E-state index is 0.533. The van der Waals surface area contributed by atoms with Crippen molar-refractivity contribution in [3.8, 4) is 0 Å². The first kappa shape index (κ1) is 9.45. The summed E-state index contributed by atoms with van der Waals surface area (Å²) in [6.45, 7) is 0. The summed E-state index contributed by atoms with van der Waals surface area (Å²) >= 11 is 0. The van der Waals surface area contributed by atoms with Gasteiger partial charge in [0.15, 0.2) is 0 Å². The third kappa shape index (κ3) is 1.74. The Morgan fingerprint density at radius 3 is 2.87 bits per heavy atom. The van der Waals surface area contributed by atoms with Gasteiger partial charge in [0, 0.05) is 22.7 Å². The molecule has 1 heterocycles. The van der Waals surface area contributed by atoms with Gasteiger partial charge in [-0.1, -0.05) is 18.2 Å². The number of carboxylic acids is 1. The predicted octanol–water partition coefficient (Wildman–Crippen LogP) is 2.56. The van der Waals surface area contributed by atoms with Gasteiger partial charge in [0.05, 0.1) is 0 Å². The summed E-state index contributed by atoms with van der Waals surface area (Å²) in [4.78, 5) is 13.2. The molecule has 76 valence electrons. The van der Waals surface area contributed by atoms with Crippen LogP contribution < -0.4 is 0 Å². The Bertz CT molecular complexity index is 542. The molecule has 0 atom stereocenters. The van der Waals surface area contributed by atoms with Crippen LogP contribution in [0.4, 0.5) is 4.39 Å². The molecule has 0 saturated carbocycles. The SMILES string of the molecule is O=C(O)/C(F)=C/c1c[nH]c2ccccc12. The van der Waals surface area contributed by atoms with E-state index < -0.39 is 11.8 Å². The average molecular weight is 205 g/mol. The van der Waals surface area contributed by atoms with Gasteiger partial charge in [-0.25, -0.2) is 4.79 Å². The highest BCUT2D eigenvalue weighted by atomic mass is 19.1. The van der Waals surface area contributed by atoms with E-state index in [-0.39, 0.29) is 0 Å². The van der Waals surface area contributed by atoms with Crippen molar-refractivity contribution in [1.29, 1.82) is 0 Å². The maximum Gasteiger partial charge on any atom is 0.364 e. The first-order chi connectivity index (χ1) is 7.18. The summed E-state index contributed by atoms with van der Waals surface area (Å²) in [5.41, 5.74) is 1.38. The van der Waals surface area contributed by atoms with Gasteiger partial charge in [0.1, 0.15) is 0 Å². The van der Waals surface area contributed by atoms with Crippen molar-refractivity contribution in [2.45, 2.75) is 0 Å². The summed E-state index contributed by atoms with van der Waals surface area (Å²) in [5.74, 6) is -2.72. The Morgan fingerprint density at radius 2 is 2.13 bits per heavy atom. The van der Waals surface area contributed by atoms with E-state index in [9.17, 15) is 9.18 Å². The van der Waals surface area contributed by atoms with Gasteiger partial charge in [0.2, 0.25) is 5.83 Å². The lowest BCUT2D eigenvalue weighted by Crippen LogP contribution is -1.93. The number of benzene rings is 1. The zero-order valence-corrected chi connectivity index (χ0v) is 7.70. The zero-order valence-electron chi connectivity index (χ0n) is 7.70. The first-order valence-electron chi connectivity index (χ1n) is 4.35. The molecule has 0 fully saturated rings. The van der Waals surface area contributed by atoms with Gasteiger partial charge in [0.25, 0.3) is 0 Å². The maximum atomic E-state index is 12.9. The Balaban J connectivity index is 2.54. The number of halogens is 1. The van der Waals surface area contributed by atoms with E-state index in [1.807, 2.05) is 18.2 Å². The zero-order chi connectivity index (χ0) is 10.8. The van der Waals surface area contributed by atoms with Crippen LogP contribution >= 0.6 is 0 Å². The summed E-state index contributed by atoms with van der Waals surface area (Å²) in [6.07, 6.45) is 2.58. The van der Waals surface area contributed by atoms with Crippen LogP contribution in [-0.4, -0.2) is 16.1 Å². The van der Waals surface area contributed by atoms with Crippen LogP contribution in [0.25, 0.3) is 17.0 Å². The molecule has 0 bridgehead atoms. The molecule has 3 nitrogen and oxygen atoms in total. The second-order valence-electron chi connectivity index (χ2n) is 3.09. The summed E-state index contributed by atoms with van der Waals surface area (Å²) < 4.78 is 12.9. The molecule has 4 heteroatoms. The van der Waals surface area contributed by atoms with Crippen LogP contribution in [0, 0.1) is 0 Å². The standard InChI is InChI=1S/C11H8FNO2/c12-9(11(14)15)5-7-6-13-10-4-2-1-3-8(7)10/h1-6,13H,(H,14,15)/b9-5-. The maximum absolute atomic E-state index is 12.9. The van der Waals surface area contributed by atoms with Gasteiger partial charge in [-0.15, -0.1) is 0 Å². The third-order valence-corrected chi connectivity index (χ3v) is 2.11. The third-order valence-electron chi connectivity index (χ3n) is 2.11. The van der Waals surface area contributed by atoms with Crippen molar-refractivity contribution in [2.75, 3.05) is 0 Å². The van der Waals surface area contributed by atoms with Gasteiger partial charge >= 0.3 is 5.97 Å². The number of aromatic nitrogens is 1. The second kappa shape index (κ2) is 3.57. The number of aromatic amines is 1. The van der Waals surface area contributed by atoms with E-state index in [0.717, 1.165) is 17.0 Å². The minimum atomic E-state index is -1.56. The Morgan fingerprint density at radius 1 is 1.40 bits per heavy atom. The number of carbonyl (C=O) groups is 1. The number of hydrogen-bond donors (Lipinski definition) is 2. The average Bonchev–Trinajstić information content (AvgIpc) is 2.62. The Labute approximate surface area is 84.8 Å². The molecule has 0 aliphatic carbocycles. The highest BCUT2D eigenvalue weighted by Crippen LogP contribution is 2.20. The van der Waals surface area contributed by atoms with Gasteiger partial charge < -0.3 is 10.1 Å². The smallest absolute Gasteiger partial charge is 0.364 e. The molecule has 1 aromatic carbocycles. The van der Waals surface area contributed by atoms with E-state index in [1.54, 1.807) is 12.3 Å². The molecule has 2 rings (SSSR count). The van der Waals surface area contributed by atoms with Crippen molar-refractivity contribution in [1.82, 2.24) is 4.98 Å². The lowest BCUT2D eigenvalue weighted by atomic mass is 10.1. The molecular formula is C11H8FNO2. The fraction of sp³-hybridized carbons (Fsp3) is 0.